The number of rotatable bonds is 0. The molecule has 1 unspecified atom stereocenters. The third-order valence-electron chi connectivity index (χ3n) is 3.19. The molecule has 3 rings (SSSR count). The predicted octanol–water partition coefficient (Wildman–Crippen LogP) is 2.22. The lowest BCUT2D eigenvalue weighted by Crippen LogP contribution is -2.38. The summed E-state index contributed by atoms with van der Waals surface area (Å²) in [4.78, 5) is 0. The average molecular weight is 206 g/mol. The zero-order valence-electron chi connectivity index (χ0n) is 8.53. The molecule has 1 aromatic rings. The maximum atomic E-state index is 9.40. The molecule has 0 saturated carbocycles. The lowest BCUT2D eigenvalue weighted by atomic mass is 9.98. The van der Waals surface area contributed by atoms with Crippen LogP contribution in [0.5, 0.6) is 11.5 Å². The summed E-state index contributed by atoms with van der Waals surface area (Å²) in [6.45, 7) is 0.786. The van der Waals surface area contributed by atoms with Crippen molar-refractivity contribution in [2.45, 2.75) is 31.5 Å². The average Bonchev–Trinajstić information content (AvgIpc) is 2.66. The molecule has 0 amide bonds. The molecular formula is C12H14O3. The fourth-order valence-corrected chi connectivity index (χ4v) is 2.37. The predicted molar refractivity (Wildman–Crippen MR) is 55.0 cm³/mol. The van der Waals surface area contributed by atoms with E-state index in [1.165, 1.54) is 0 Å². The van der Waals surface area contributed by atoms with Gasteiger partial charge in [0.2, 0.25) is 5.79 Å². The van der Waals surface area contributed by atoms with Gasteiger partial charge in [-0.3, -0.25) is 0 Å². The highest BCUT2D eigenvalue weighted by molar-refractivity contribution is 5.41. The molecule has 3 nitrogen and oxygen atoms in total. The minimum Gasteiger partial charge on any atom is -0.508 e. The first-order chi connectivity index (χ1) is 7.27. The topological polar surface area (TPSA) is 38.7 Å². The van der Waals surface area contributed by atoms with Crippen molar-refractivity contribution < 1.29 is 14.6 Å². The molecule has 2 aliphatic rings. The van der Waals surface area contributed by atoms with Gasteiger partial charge in [0.05, 0.1) is 6.61 Å². The van der Waals surface area contributed by atoms with Crippen LogP contribution in [0.3, 0.4) is 0 Å². The van der Waals surface area contributed by atoms with Crippen molar-refractivity contribution in [2.24, 2.45) is 0 Å². The molecule has 0 aliphatic carbocycles. The van der Waals surface area contributed by atoms with Crippen LogP contribution < -0.4 is 4.74 Å². The molecule has 1 saturated heterocycles. The van der Waals surface area contributed by atoms with E-state index < -0.39 is 5.79 Å². The van der Waals surface area contributed by atoms with Crippen molar-refractivity contribution in [1.29, 1.82) is 0 Å². The summed E-state index contributed by atoms with van der Waals surface area (Å²) >= 11 is 0. The fourth-order valence-electron chi connectivity index (χ4n) is 2.37. The molecule has 1 fully saturated rings. The first kappa shape index (κ1) is 9.04. The smallest absolute Gasteiger partial charge is 0.210 e. The van der Waals surface area contributed by atoms with E-state index >= 15 is 0 Å². The second-order valence-corrected chi connectivity index (χ2v) is 4.26. The number of phenols is 1. The van der Waals surface area contributed by atoms with Gasteiger partial charge in [-0.2, -0.15) is 0 Å². The van der Waals surface area contributed by atoms with E-state index in [9.17, 15) is 5.11 Å². The maximum Gasteiger partial charge on any atom is 0.210 e. The van der Waals surface area contributed by atoms with Gasteiger partial charge in [0, 0.05) is 18.9 Å². The molecule has 3 heteroatoms. The Morgan fingerprint density at radius 2 is 2.20 bits per heavy atom. The number of aromatic hydroxyl groups is 1. The zero-order chi connectivity index (χ0) is 10.3. The normalized spacial score (nSPS) is 28.8. The molecule has 80 valence electrons. The van der Waals surface area contributed by atoms with Gasteiger partial charge in [0.1, 0.15) is 11.5 Å². The van der Waals surface area contributed by atoms with E-state index in [0.29, 0.717) is 0 Å². The monoisotopic (exact) mass is 206 g/mol. The molecule has 2 aliphatic heterocycles. The third-order valence-corrected chi connectivity index (χ3v) is 3.19. The van der Waals surface area contributed by atoms with Gasteiger partial charge < -0.3 is 14.6 Å². The number of fused-ring (bicyclic) bond motifs is 1. The van der Waals surface area contributed by atoms with Crippen LogP contribution in [0, 0.1) is 0 Å². The second kappa shape index (κ2) is 3.14. The minimum atomic E-state index is -0.402. The van der Waals surface area contributed by atoms with Crippen LogP contribution in [0.2, 0.25) is 0 Å². The van der Waals surface area contributed by atoms with Crippen molar-refractivity contribution in [1.82, 2.24) is 0 Å². The summed E-state index contributed by atoms with van der Waals surface area (Å²) in [6, 6.07) is 5.31. The Bertz CT molecular complexity index is 380. The highest BCUT2D eigenvalue weighted by atomic mass is 16.7. The Morgan fingerprint density at radius 1 is 1.27 bits per heavy atom. The standard InChI is InChI=1S/C12H14O3/c13-10-3-2-9-4-6-12(5-1-7-14-12)15-11(9)8-10/h2-3,8,13H,1,4-7H2. The molecular weight excluding hydrogens is 192 g/mol. The molecule has 0 aromatic heterocycles. The highest BCUT2D eigenvalue weighted by Crippen LogP contribution is 2.40. The molecule has 0 bridgehead atoms. The molecule has 15 heavy (non-hydrogen) atoms. The van der Waals surface area contributed by atoms with Gasteiger partial charge in [0.15, 0.2) is 0 Å². The number of phenolic OH excluding ortho intramolecular Hbond substituents is 1. The van der Waals surface area contributed by atoms with E-state index in [1.807, 2.05) is 6.07 Å². The molecule has 1 spiro atoms. The first-order valence-corrected chi connectivity index (χ1v) is 5.42. The van der Waals surface area contributed by atoms with Crippen LogP contribution >= 0.6 is 0 Å². The molecule has 1 N–H and O–H groups in total. The summed E-state index contributed by atoms with van der Waals surface area (Å²) in [5.74, 6) is 0.632. The maximum absolute atomic E-state index is 9.40. The van der Waals surface area contributed by atoms with Crippen molar-refractivity contribution in [3.8, 4) is 11.5 Å². The fraction of sp³-hybridized carbons (Fsp3) is 0.500. The van der Waals surface area contributed by atoms with Crippen LogP contribution in [0.25, 0.3) is 0 Å². The van der Waals surface area contributed by atoms with Gasteiger partial charge in [-0.05, 0) is 24.5 Å². The first-order valence-electron chi connectivity index (χ1n) is 5.42. The van der Waals surface area contributed by atoms with Crippen molar-refractivity contribution in [3.63, 3.8) is 0 Å². The van der Waals surface area contributed by atoms with E-state index in [0.717, 1.165) is 43.6 Å². The lowest BCUT2D eigenvalue weighted by molar-refractivity contribution is -0.160. The van der Waals surface area contributed by atoms with Gasteiger partial charge in [-0.1, -0.05) is 6.07 Å². The minimum absolute atomic E-state index is 0.254. The quantitative estimate of drug-likeness (QED) is 0.707. The summed E-state index contributed by atoms with van der Waals surface area (Å²) in [5, 5.41) is 9.40. The number of ether oxygens (including phenoxy) is 2. The Balaban J connectivity index is 1.94. The van der Waals surface area contributed by atoms with Crippen LogP contribution in [0.15, 0.2) is 18.2 Å². The number of hydrogen-bond donors (Lipinski definition) is 1. The largest absolute Gasteiger partial charge is 0.508 e. The number of hydrogen-bond acceptors (Lipinski definition) is 3. The van der Waals surface area contributed by atoms with Crippen LogP contribution in [-0.4, -0.2) is 17.5 Å². The molecule has 1 atom stereocenters. The zero-order valence-corrected chi connectivity index (χ0v) is 8.53. The Morgan fingerprint density at radius 3 is 3.00 bits per heavy atom. The summed E-state index contributed by atoms with van der Waals surface area (Å²) in [7, 11) is 0. The van der Waals surface area contributed by atoms with Crippen LogP contribution in [-0.2, 0) is 11.2 Å². The van der Waals surface area contributed by atoms with Crippen LogP contribution in [0.1, 0.15) is 24.8 Å². The molecule has 1 aromatic carbocycles. The number of aryl methyl sites for hydroxylation is 1. The van der Waals surface area contributed by atoms with Gasteiger partial charge in [-0.15, -0.1) is 0 Å². The summed E-state index contributed by atoms with van der Waals surface area (Å²) in [5.41, 5.74) is 1.16. The van der Waals surface area contributed by atoms with Crippen LogP contribution in [0.4, 0.5) is 0 Å². The Kier molecular flexibility index (Phi) is 1.89. The van der Waals surface area contributed by atoms with Gasteiger partial charge in [-0.25, -0.2) is 0 Å². The van der Waals surface area contributed by atoms with Crippen molar-refractivity contribution in [2.75, 3.05) is 6.61 Å². The Labute approximate surface area is 88.6 Å². The van der Waals surface area contributed by atoms with E-state index in [1.54, 1.807) is 12.1 Å². The molecule has 2 heterocycles. The van der Waals surface area contributed by atoms with Gasteiger partial charge >= 0.3 is 0 Å². The number of benzene rings is 1. The van der Waals surface area contributed by atoms with Crippen molar-refractivity contribution >= 4 is 0 Å². The van der Waals surface area contributed by atoms with Gasteiger partial charge in [0.25, 0.3) is 0 Å². The highest BCUT2D eigenvalue weighted by Gasteiger charge is 2.40. The summed E-state index contributed by atoms with van der Waals surface area (Å²) in [6.07, 6.45) is 3.91. The summed E-state index contributed by atoms with van der Waals surface area (Å²) < 4.78 is 11.6. The lowest BCUT2D eigenvalue weighted by Gasteiger charge is -2.34. The third kappa shape index (κ3) is 1.47. The second-order valence-electron chi connectivity index (χ2n) is 4.26. The van der Waals surface area contributed by atoms with E-state index in [4.69, 9.17) is 9.47 Å². The SMILES string of the molecule is Oc1ccc2c(c1)OC1(CCCO1)CC2. The van der Waals surface area contributed by atoms with E-state index in [2.05, 4.69) is 0 Å². The molecule has 0 radical (unpaired) electrons. The Hall–Kier alpha value is -1.22. The van der Waals surface area contributed by atoms with E-state index in [-0.39, 0.29) is 5.75 Å². The van der Waals surface area contributed by atoms with Crippen molar-refractivity contribution in [3.05, 3.63) is 23.8 Å².